The van der Waals surface area contributed by atoms with Crippen LogP contribution in [0.15, 0.2) is 121 Å². The van der Waals surface area contributed by atoms with Crippen molar-refractivity contribution < 1.29 is 0 Å². The zero-order valence-corrected chi connectivity index (χ0v) is 21.4. The summed E-state index contributed by atoms with van der Waals surface area (Å²) in [5, 5.41) is 8.42. The van der Waals surface area contributed by atoms with Gasteiger partial charge < -0.3 is 0 Å². The van der Waals surface area contributed by atoms with Crippen LogP contribution in [0.3, 0.4) is 0 Å². The van der Waals surface area contributed by atoms with E-state index in [1.54, 1.807) is 0 Å². The third kappa shape index (κ3) is 4.32. The molecule has 5 rings (SSSR count). The first-order valence-corrected chi connectivity index (χ1v) is 16.4. The molecule has 0 aliphatic rings. The third-order valence-corrected chi connectivity index (χ3v) is 10.7. The fourth-order valence-electron chi connectivity index (χ4n) is 4.65. The van der Waals surface area contributed by atoms with Crippen LogP contribution >= 0.6 is 7.92 Å². The van der Waals surface area contributed by atoms with Gasteiger partial charge in [-0.25, -0.2) is 0 Å². The molecular weight excluding hydrogens is 431 g/mol. The first-order chi connectivity index (χ1) is 16.0. The molecule has 0 amide bonds. The number of benzene rings is 5. The van der Waals surface area contributed by atoms with Crippen molar-refractivity contribution in [2.24, 2.45) is 0 Å². The van der Waals surface area contributed by atoms with Crippen molar-refractivity contribution in [2.75, 3.05) is 0 Å². The lowest BCUT2D eigenvalue weighted by atomic mass is 9.98. The van der Waals surface area contributed by atoms with Gasteiger partial charge in [-0.1, -0.05) is 146 Å². The Morgan fingerprint density at radius 3 is 1.70 bits per heavy atom. The maximum Gasteiger partial charge on any atom is 0.0784 e. The summed E-state index contributed by atoms with van der Waals surface area (Å²) in [7, 11) is -2.27. The Bertz CT molecular complexity index is 1350. The molecule has 0 N–H and O–H groups in total. The minimum atomic E-state index is -1.59. The second kappa shape index (κ2) is 9.10. The molecule has 0 atom stereocenters. The third-order valence-electron chi connectivity index (χ3n) is 6.18. The Morgan fingerprint density at radius 2 is 1.06 bits per heavy atom. The second-order valence-electron chi connectivity index (χ2n) is 9.48. The zero-order valence-electron chi connectivity index (χ0n) is 19.5. The van der Waals surface area contributed by atoms with Gasteiger partial charge in [0.05, 0.1) is 8.07 Å². The zero-order chi connectivity index (χ0) is 22.8. The van der Waals surface area contributed by atoms with Crippen molar-refractivity contribution in [2.45, 2.75) is 19.6 Å². The molecule has 0 heterocycles. The highest BCUT2D eigenvalue weighted by Crippen LogP contribution is 2.38. The summed E-state index contributed by atoms with van der Waals surface area (Å²) in [6, 6.07) is 44.8. The van der Waals surface area contributed by atoms with E-state index in [-0.39, 0.29) is 0 Å². The first kappa shape index (κ1) is 21.8. The van der Waals surface area contributed by atoms with Crippen LogP contribution in [0.1, 0.15) is 0 Å². The van der Waals surface area contributed by atoms with Crippen LogP contribution in [0.4, 0.5) is 0 Å². The number of hydrogen-bond donors (Lipinski definition) is 0. The lowest BCUT2D eigenvalue weighted by Crippen LogP contribution is -2.39. The van der Waals surface area contributed by atoms with E-state index in [0.29, 0.717) is 0 Å². The van der Waals surface area contributed by atoms with Crippen molar-refractivity contribution in [3.63, 3.8) is 0 Å². The second-order valence-corrected chi connectivity index (χ2v) is 16.7. The average molecular weight is 461 g/mol. The van der Waals surface area contributed by atoms with Gasteiger partial charge in [0, 0.05) is 0 Å². The highest BCUT2D eigenvalue weighted by atomic mass is 31.1. The van der Waals surface area contributed by atoms with Crippen molar-refractivity contribution in [1.82, 2.24) is 0 Å². The molecule has 0 saturated carbocycles. The minimum absolute atomic E-state index is 0.679. The van der Waals surface area contributed by atoms with Gasteiger partial charge in [0.2, 0.25) is 0 Å². The van der Waals surface area contributed by atoms with Crippen LogP contribution in [0.2, 0.25) is 19.6 Å². The Hall–Kier alpha value is -2.99. The van der Waals surface area contributed by atoms with Gasteiger partial charge in [0.25, 0.3) is 0 Å². The Morgan fingerprint density at radius 1 is 0.515 bits per heavy atom. The Balaban J connectivity index is 1.85. The monoisotopic (exact) mass is 460 g/mol. The SMILES string of the molecule is C[Si](C)(C)c1ccc2ccccc2c1-c1ccccc1P(c1ccccc1)c1ccccc1. The number of fused-ring (bicyclic) bond motifs is 1. The molecule has 0 spiro atoms. The standard InChI is InChI=1S/C31H29PSi/c1-33(2,3)30-23-22-24-14-10-11-19-27(24)31(30)28-20-12-13-21-29(28)32(25-15-6-4-7-16-25)26-17-8-5-9-18-26/h4-23H,1-3H3. The number of hydrogen-bond acceptors (Lipinski definition) is 0. The lowest BCUT2D eigenvalue weighted by molar-refractivity contribution is 1.66. The van der Waals surface area contributed by atoms with Crippen LogP contribution in [-0.4, -0.2) is 8.07 Å². The van der Waals surface area contributed by atoms with Gasteiger partial charge in [0.1, 0.15) is 0 Å². The molecule has 0 unspecified atom stereocenters. The summed E-state index contributed by atoms with van der Waals surface area (Å²) in [5.74, 6) is 0. The average Bonchev–Trinajstić information content (AvgIpc) is 2.85. The molecule has 0 aromatic heterocycles. The van der Waals surface area contributed by atoms with Gasteiger partial charge >= 0.3 is 0 Å². The van der Waals surface area contributed by atoms with Crippen LogP contribution in [-0.2, 0) is 0 Å². The molecule has 2 heteroatoms. The molecule has 0 saturated heterocycles. The van der Waals surface area contributed by atoms with Gasteiger partial charge in [0.15, 0.2) is 0 Å². The lowest BCUT2D eigenvalue weighted by Gasteiger charge is -2.27. The van der Waals surface area contributed by atoms with Crippen LogP contribution in [0, 0.1) is 0 Å². The molecule has 162 valence electrons. The van der Waals surface area contributed by atoms with Crippen molar-refractivity contribution in [1.29, 1.82) is 0 Å². The summed E-state index contributed by atoms with van der Waals surface area (Å²) in [6.45, 7) is 7.38. The smallest absolute Gasteiger partial charge is 0.0656 e. The van der Waals surface area contributed by atoms with Crippen molar-refractivity contribution in [3.05, 3.63) is 121 Å². The first-order valence-electron chi connectivity index (χ1n) is 11.6. The highest BCUT2D eigenvalue weighted by molar-refractivity contribution is 7.80. The van der Waals surface area contributed by atoms with Gasteiger partial charge in [-0.15, -0.1) is 0 Å². The molecule has 0 radical (unpaired) electrons. The topological polar surface area (TPSA) is 0 Å². The van der Waals surface area contributed by atoms with Crippen LogP contribution in [0.25, 0.3) is 21.9 Å². The van der Waals surface area contributed by atoms with E-state index < -0.39 is 16.0 Å². The highest BCUT2D eigenvalue weighted by Gasteiger charge is 2.26. The summed E-state index contributed by atoms with van der Waals surface area (Å²) >= 11 is 0. The number of rotatable bonds is 5. The van der Waals surface area contributed by atoms with Gasteiger partial charge in [-0.3, -0.25) is 0 Å². The Labute approximate surface area is 199 Å². The molecular formula is C31H29PSi. The van der Waals surface area contributed by atoms with Crippen molar-refractivity contribution >= 4 is 47.9 Å². The molecule has 5 aromatic rings. The quantitative estimate of drug-likeness (QED) is 0.200. The van der Waals surface area contributed by atoms with E-state index in [1.807, 2.05) is 0 Å². The normalized spacial score (nSPS) is 11.8. The van der Waals surface area contributed by atoms with Crippen molar-refractivity contribution in [3.8, 4) is 11.1 Å². The van der Waals surface area contributed by atoms with E-state index in [9.17, 15) is 0 Å². The summed E-state index contributed by atoms with van der Waals surface area (Å²) in [4.78, 5) is 0. The maximum absolute atomic E-state index is 2.46. The molecule has 0 fully saturated rings. The van der Waals surface area contributed by atoms with E-state index in [0.717, 1.165) is 0 Å². The van der Waals surface area contributed by atoms with E-state index >= 15 is 0 Å². The maximum atomic E-state index is 2.46. The molecule has 0 aliphatic heterocycles. The fourth-order valence-corrected chi connectivity index (χ4v) is 8.71. The molecule has 33 heavy (non-hydrogen) atoms. The molecule has 5 aromatic carbocycles. The molecule has 0 bridgehead atoms. The van der Waals surface area contributed by atoms with E-state index in [4.69, 9.17) is 0 Å². The molecule has 0 nitrogen and oxygen atoms in total. The largest absolute Gasteiger partial charge is 0.0784 e. The fraction of sp³-hybridized carbons (Fsp3) is 0.0968. The predicted octanol–water partition coefficient (Wildman–Crippen LogP) is 6.81. The van der Waals surface area contributed by atoms with Gasteiger partial charge in [-0.2, -0.15) is 0 Å². The summed E-state index contributed by atoms with van der Waals surface area (Å²) in [6.07, 6.45) is 0. The summed E-state index contributed by atoms with van der Waals surface area (Å²) < 4.78 is 0. The van der Waals surface area contributed by atoms with Crippen LogP contribution < -0.4 is 21.1 Å². The summed E-state index contributed by atoms with van der Waals surface area (Å²) in [5.41, 5.74) is 2.81. The van der Waals surface area contributed by atoms with Crippen LogP contribution in [0.5, 0.6) is 0 Å². The molecule has 0 aliphatic carbocycles. The minimum Gasteiger partial charge on any atom is -0.0656 e. The predicted molar refractivity (Wildman–Crippen MR) is 151 cm³/mol. The van der Waals surface area contributed by atoms with E-state index in [2.05, 4.69) is 141 Å². The Kier molecular flexibility index (Phi) is 6.02. The van der Waals surface area contributed by atoms with E-state index in [1.165, 1.54) is 43.0 Å². The van der Waals surface area contributed by atoms with Gasteiger partial charge in [-0.05, 0) is 45.7 Å².